The molecule has 1 amide bonds. The average Bonchev–Trinajstić information content (AvgIpc) is 2.72. The molecule has 0 bridgehead atoms. The van der Waals surface area contributed by atoms with Crippen LogP contribution in [0.1, 0.15) is 38.1 Å². The van der Waals surface area contributed by atoms with E-state index in [0.29, 0.717) is 11.4 Å². The first-order valence-electron chi connectivity index (χ1n) is 5.73. The van der Waals surface area contributed by atoms with Gasteiger partial charge in [0.15, 0.2) is 0 Å². The third kappa shape index (κ3) is 4.02. The van der Waals surface area contributed by atoms with E-state index in [1.54, 1.807) is 13.8 Å². The Balaban J connectivity index is 2.69. The molecular formula is C10H17N3O3S2. The number of rotatable bonds is 6. The molecule has 0 aliphatic carbocycles. The number of carbonyl (C=O) groups is 1. The lowest BCUT2D eigenvalue weighted by Gasteiger charge is -2.10. The maximum Gasteiger partial charge on any atom is 0.293 e. The molecule has 1 aromatic rings. The number of unbranched alkanes of at least 4 members (excludes halogenated alkanes) is 1. The van der Waals surface area contributed by atoms with Gasteiger partial charge in [0.05, 0.1) is 0 Å². The molecule has 1 aromatic heterocycles. The normalized spacial score (nSPS) is 13.3. The van der Waals surface area contributed by atoms with Crippen molar-refractivity contribution >= 4 is 27.3 Å². The summed E-state index contributed by atoms with van der Waals surface area (Å²) in [5, 5.41) is 7.69. The fourth-order valence-corrected chi connectivity index (χ4v) is 3.35. The van der Waals surface area contributed by atoms with Crippen LogP contribution in [-0.2, 0) is 14.8 Å². The van der Waals surface area contributed by atoms with Gasteiger partial charge >= 0.3 is 0 Å². The molecule has 0 fully saturated rings. The van der Waals surface area contributed by atoms with Gasteiger partial charge in [-0.25, -0.2) is 4.72 Å². The monoisotopic (exact) mass is 291 g/mol. The summed E-state index contributed by atoms with van der Waals surface area (Å²) in [6.07, 6.45) is 2.54. The number of carbonyl (C=O) groups excluding carboxylic acids is 1. The Labute approximate surface area is 111 Å². The molecule has 0 aliphatic heterocycles. The summed E-state index contributed by atoms with van der Waals surface area (Å²) in [7, 11) is -3.86. The second-order valence-electron chi connectivity index (χ2n) is 4.10. The first kappa shape index (κ1) is 15.0. The topological polar surface area (TPSA) is 89.0 Å². The van der Waals surface area contributed by atoms with Crippen molar-refractivity contribution in [2.75, 3.05) is 0 Å². The van der Waals surface area contributed by atoms with E-state index < -0.39 is 15.9 Å². The number of nitrogens with one attached hydrogen (secondary N) is 1. The Morgan fingerprint density at radius 1 is 1.44 bits per heavy atom. The second-order valence-corrected chi connectivity index (χ2v) is 7.14. The van der Waals surface area contributed by atoms with E-state index >= 15 is 0 Å². The molecule has 1 atom stereocenters. The van der Waals surface area contributed by atoms with Crippen molar-refractivity contribution in [1.82, 2.24) is 14.9 Å². The quantitative estimate of drug-likeness (QED) is 0.857. The maximum absolute atomic E-state index is 11.8. The van der Waals surface area contributed by atoms with Crippen LogP contribution >= 0.6 is 11.3 Å². The third-order valence-corrected chi connectivity index (χ3v) is 4.96. The lowest BCUT2D eigenvalue weighted by molar-refractivity contribution is -0.122. The number of hydrogen-bond acceptors (Lipinski definition) is 6. The van der Waals surface area contributed by atoms with Crippen molar-refractivity contribution in [3.05, 3.63) is 5.01 Å². The lowest BCUT2D eigenvalue weighted by atomic mass is 10.0. The van der Waals surface area contributed by atoms with Crippen LogP contribution in [0.2, 0.25) is 0 Å². The molecule has 18 heavy (non-hydrogen) atoms. The SMILES string of the molecule is CCCC[C@H](C)C(=O)NS(=O)(=O)c1nnc(C)s1. The predicted molar refractivity (Wildman–Crippen MR) is 68.7 cm³/mol. The van der Waals surface area contributed by atoms with Crippen LogP contribution in [-0.4, -0.2) is 24.5 Å². The Morgan fingerprint density at radius 3 is 2.61 bits per heavy atom. The number of aromatic nitrogens is 2. The highest BCUT2D eigenvalue weighted by Gasteiger charge is 2.24. The van der Waals surface area contributed by atoms with Crippen molar-refractivity contribution in [1.29, 1.82) is 0 Å². The van der Waals surface area contributed by atoms with E-state index in [-0.39, 0.29) is 10.3 Å². The molecule has 0 aliphatic rings. The molecule has 1 N–H and O–H groups in total. The zero-order chi connectivity index (χ0) is 13.8. The molecule has 6 nitrogen and oxygen atoms in total. The molecule has 0 spiro atoms. The van der Waals surface area contributed by atoms with Crippen LogP contribution in [0.15, 0.2) is 4.34 Å². The van der Waals surface area contributed by atoms with Crippen molar-refractivity contribution < 1.29 is 13.2 Å². The highest BCUT2D eigenvalue weighted by atomic mass is 32.2. The van der Waals surface area contributed by atoms with E-state index in [1.807, 2.05) is 11.6 Å². The van der Waals surface area contributed by atoms with Gasteiger partial charge in [-0.2, -0.15) is 8.42 Å². The molecule has 0 radical (unpaired) electrons. The number of aryl methyl sites for hydroxylation is 1. The van der Waals surface area contributed by atoms with Crippen LogP contribution in [0.4, 0.5) is 0 Å². The first-order chi connectivity index (χ1) is 8.36. The Hall–Kier alpha value is -1.02. The summed E-state index contributed by atoms with van der Waals surface area (Å²) in [4.78, 5) is 11.7. The van der Waals surface area contributed by atoms with Crippen molar-refractivity contribution in [3.63, 3.8) is 0 Å². The maximum atomic E-state index is 11.8. The largest absolute Gasteiger partial charge is 0.293 e. The van der Waals surface area contributed by atoms with Gasteiger partial charge in [0.2, 0.25) is 5.91 Å². The third-order valence-electron chi connectivity index (χ3n) is 2.41. The minimum Gasteiger partial charge on any atom is -0.274 e. The molecule has 0 unspecified atom stereocenters. The van der Waals surface area contributed by atoms with Gasteiger partial charge in [-0.1, -0.05) is 38.0 Å². The van der Waals surface area contributed by atoms with Crippen molar-refractivity contribution in [2.24, 2.45) is 5.92 Å². The standard InChI is InChI=1S/C10H17N3O3S2/c1-4-5-6-7(2)9(14)13-18(15,16)10-12-11-8(3)17-10/h7H,4-6H2,1-3H3,(H,13,14)/t7-/m0/s1. The van der Waals surface area contributed by atoms with Crippen LogP contribution in [0.3, 0.4) is 0 Å². The van der Waals surface area contributed by atoms with Crippen LogP contribution in [0.25, 0.3) is 0 Å². The van der Waals surface area contributed by atoms with Crippen LogP contribution in [0.5, 0.6) is 0 Å². The Bertz CT molecular complexity index is 510. The minimum atomic E-state index is -3.86. The highest BCUT2D eigenvalue weighted by molar-refractivity contribution is 7.92. The van der Waals surface area contributed by atoms with E-state index in [0.717, 1.165) is 24.2 Å². The summed E-state index contributed by atoms with van der Waals surface area (Å²) in [5.41, 5.74) is 0. The van der Waals surface area contributed by atoms with E-state index in [1.165, 1.54) is 0 Å². The zero-order valence-corrected chi connectivity index (χ0v) is 12.3. The zero-order valence-electron chi connectivity index (χ0n) is 10.6. The highest BCUT2D eigenvalue weighted by Crippen LogP contribution is 2.15. The number of sulfonamides is 1. The minimum absolute atomic E-state index is 0.170. The number of nitrogens with zero attached hydrogens (tertiary/aromatic N) is 2. The molecule has 1 heterocycles. The lowest BCUT2D eigenvalue weighted by Crippen LogP contribution is -2.34. The fraction of sp³-hybridized carbons (Fsp3) is 0.700. The van der Waals surface area contributed by atoms with Crippen molar-refractivity contribution in [2.45, 2.75) is 44.4 Å². The predicted octanol–water partition coefficient (Wildman–Crippen LogP) is 1.48. The molecule has 0 saturated carbocycles. The first-order valence-corrected chi connectivity index (χ1v) is 8.03. The van der Waals surface area contributed by atoms with Gasteiger partial charge in [-0.3, -0.25) is 4.79 Å². The molecular weight excluding hydrogens is 274 g/mol. The van der Waals surface area contributed by atoms with Gasteiger partial charge in [0, 0.05) is 5.92 Å². The van der Waals surface area contributed by atoms with Gasteiger partial charge in [0.1, 0.15) is 5.01 Å². The van der Waals surface area contributed by atoms with Gasteiger partial charge in [-0.05, 0) is 13.3 Å². The van der Waals surface area contributed by atoms with Gasteiger partial charge in [0.25, 0.3) is 14.4 Å². The van der Waals surface area contributed by atoms with Crippen LogP contribution < -0.4 is 4.72 Å². The fourth-order valence-electron chi connectivity index (χ4n) is 1.31. The molecule has 8 heteroatoms. The summed E-state index contributed by atoms with van der Waals surface area (Å²) in [6.45, 7) is 5.39. The molecule has 102 valence electrons. The summed E-state index contributed by atoms with van der Waals surface area (Å²) >= 11 is 0.941. The van der Waals surface area contributed by atoms with Crippen LogP contribution in [0, 0.1) is 12.8 Å². The van der Waals surface area contributed by atoms with Gasteiger partial charge in [-0.15, -0.1) is 10.2 Å². The molecule has 0 saturated heterocycles. The van der Waals surface area contributed by atoms with E-state index in [9.17, 15) is 13.2 Å². The molecule has 1 rings (SSSR count). The Kier molecular flexibility index (Phi) is 5.21. The number of hydrogen-bond donors (Lipinski definition) is 1. The van der Waals surface area contributed by atoms with Crippen molar-refractivity contribution in [3.8, 4) is 0 Å². The molecule has 0 aromatic carbocycles. The smallest absolute Gasteiger partial charge is 0.274 e. The average molecular weight is 291 g/mol. The van der Waals surface area contributed by atoms with E-state index in [2.05, 4.69) is 10.2 Å². The second kappa shape index (κ2) is 6.24. The van der Waals surface area contributed by atoms with E-state index in [4.69, 9.17) is 0 Å². The summed E-state index contributed by atoms with van der Waals surface area (Å²) in [6, 6.07) is 0. The summed E-state index contributed by atoms with van der Waals surface area (Å²) < 4.78 is 25.5. The Morgan fingerprint density at radius 2 is 2.11 bits per heavy atom. The number of amides is 1. The van der Waals surface area contributed by atoms with Gasteiger partial charge < -0.3 is 0 Å². The summed E-state index contributed by atoms with van der Waals surface area (Å²) in [5.74, 6) is -0.815.